The average Bonchev–Trinajstić information content (AvgIpc) is 3.09. The number of alkyl halides is 1. The van der Waals surface area contributed by atoms with Crippen molar-refractivity contribution in [3.05, 3.63) is 48.6 Å². The summed E-state index contributed by atoms with van der Waals surface area (Å²) in [6, 6.07) is 0. The van der Waals surface area contributed by atoms with E-state index in [0.717, 1.165) is 12.8 Å². The van der Waals surface area contributed by atoms with Gasteiger partial charge in [-0.2, -0.15) is 12.2 Å². The standard InChI is InChI=1S/C6H11Cl.2C5H5.Zr/c7-6-4-2-1-3-5-6;2*1-2-4-5-3-1;/h6H,1-5H2;2*1-3H,4H2;/q;2*-1;+2. The Kier molecular flexibility index (Phi) is 13.7. The number of allylic oxidation sites excluding steroid dienone is 8. The quantitative estimate of drug-likeness (QED) is 0.422. The van der Waals surface area contributed by atoms with Crippen LogP contribution in [0.1, 0.15) is 44.9 Å². The van der Waals surface area contributed by atoms with Crippen molar-refractivity contribution in [3.8, 4) is 0 Å². The smallest absolute Gasteiger partial charge is 0.273 e. The number of hydrogen-bond acceptors (Lipinski definition) is 0. The summed E-state index contributed by atoms with van der Waals surface area (Å²) in [6.45, 7) is 0. The van der Waals surface area contributed by atoms with Crippen molar-refractivity contribution < 1.29 is 26.2 Å². The van der Waals surface area contributed by atoms with Crippen molar-refractivity contribution >= 4 is 11.6 Å². The van der Waals surface area contributed by atoms with E-state index in [-0.39, 0.29) is 26.2 Å². The predicted octanol–water partition coefficient (Wildman–Crippen LogP) is 5.17. The molecule has 0 heterocycles. The van der Waals surface area contributed by atoms with E-state index >= 15 is 0 Å². The van der Waals surface area contributed by atoms with Crippen molar-refractivity contribution in [1.29, 1.82) is 0 Å². The minimum Gasteiger partial charge on any atom is -0.273 e. The van der Waals surface area contributed by atoms with Crippen molar-refractivity contribution in [3.63, 3.8) is 0 Å². The zero-order chi connectivity index (χ0) is 12.2. The summed E-state index contributed by atoms with van der Waals surface area (Å²) in [5.41, 5.74) is 0. The van der Waals surface area contributed by atoms with E-state index in [0.29, 0.717) is 5.38 Å². The molecule has 1 saturated carbocycles. The molecule has 0 amide bonds. The average molecular weight is 340 g/mol. The molecule has 0 atom stereocenters. The summed E-state index contributed by atoms with van der Waals surface area (Å²) in [7, 11) is 0. The zero-order valence-corrected chi connectivity index (χ0v) is 14.1. The second kappa shape index (κ2) is 13.6. The molecule has 0 bridgehead atoms. The first-order valence-electron chi connectivity index (χ1n) is 6.47. The van der Waals surface area contributed by atoms with Gasteiger partial charge in [0, 0.05) is 5.38 Å². The van der Waals surface area contributed by atoms with Crippen molar-refractivity contribution in [2.45, 2.75) is 50.3 Å². The molecule has 2 heteroatoms. The van der Waals surface area contributed by atoms with Gasteiger partial charge in [0.25, 0.3) is 0 Å². The number of halogens is 1. The van der Waals surface area contributed by atoms with Gasteiger partial charge < -0.3 is 0 Å². The third kappa shape index (κ3) is 11.2. The van der Waals surface area contributed by atoms with Crippen LogP contribution in [-0.2, 0) is 26.2 Å². The largest absolute Gasteiger partial charge is 2.00 e. The summed E-state index contributed by atoms with van der Waals surface area (Å²) in [4.78, 5) is 0. The van der Waals surface area contributed by atoms with E-state index in [4.69, 9.17) is 11.6 Å². The zero-order valence-electron chi connectivity index (χ0n) is 10.9. The molecule has 1 fully saturated rings. The van der Waals surface area contributed by atoms with Crippen LogP contribution in [0.2, 0.25) is 0 Å². The maximum absolute atomic E-state index is 5.82. The van der Waals surface area contributed by atoms with Gasteiger partial charge in [-0.15, -0.1) is 24.4 Å². The molecule has 0 aromatic rings. The fourth-order valence-electron chi connectivity index (χ4n) is 1.73. The van der Waals surface area contributed by atoms with E-state index in [1.54, 1.807) is 0 Å². The Morgan fingerprint density at radius 3 is 1.50 bits per heavy atom. The third-order valence-electron chi connectivity index (χ3n) is 2.71. The first-order valence-corrected chi connectivity index (χ1v) is 6.91. The number of rotatable bonds is 0. The van der Waals surface area contributed by atoms with E-state index in [1.807, 2.05) is 24.3 Å². The van der Waals surface area contributed by atoms with Crippen LogP contribution in [0.3, 0.4) is 0 Å². The summed E-state index contributed by atoms with van der Waals surface area (Å²) in [5.74, 6) is 0. The summed E-state index contributed by atoms with van der Waals surface area (Å²) in [5, 5.41) is 0.508. The molecule has 0 unspecified atom stereocenters. The van der Waals surface area contributed by atoms with Gasteiger partial charge in [-0.1, -0.05) is 19.3 Å². The number of hydrogen-bond donors (Lipinski definition) is 0. The minimum absolute atomic E-state index is 0. The van der Waals surface area contributed by atoms with Crippen LogP contribution in [0.25, 0.3) is 0 Å². The third-order valence-corrected chi connectivity index (χ3v) is 3.14. The van der Waals surface area contributed by atoms with Crippen LogP contribution in [0, 0.1) is 12.2 Å². The molecule has 0 nitrogen and oxygen atoms in total. The first-order chi connectivity index (χ1) is 8.39. The Morgan fingerprint density at radius 2 is 1.33 bits per heavy atom. The molecule has 0 spiro atoms. The maximum Gasteiger partial charge on any atom is 2.00 e. The van der Waals surface area contributed by atoms with E-state index in [9.17, 15) is 0 Å². The minimum atomic E-state index is 0. The van der Waals surface area contributed by atoms with Crippen molar-refractivity contribution in [1.82, 2.24) is 0 Å². The Balaban J connectivity index is 0.000000239. The molecule has 0 aromatic heterocycles. The molecule has 96 valence electrons. The molecule has 0 radical (unpaired) electrons. The van der Waals surface area contributed by atoms with E-state index < -0.39 is 0 Å². The topological polar surface area (TPSA) is 0 Å². The van der Waals surface area contributed by atoms with Gasteiger partial charge >= 0.3 is 26.2 Å². The molecule has 0 saturated heterocycles. The maximum atomic E-state index is 5.82. The molecule has 18 heavy (non-hydrogen) atoms. The predicted molar refractivity (Wildman–Crippen MR) is 75.9 cm³/mol. The Bertz CT molecular complexity index is 241. The summed E-state index contributed by atoms with van der Waals surface area (Å²) in [6.07, 6.45) is 26.6. The fourth-order valence-corrected chi connectivity index (χ4v) is 2.04. The van der Waals surface area contributed by atoms with Gasteiger partial charge in [-0.05, 0) is 12.8 Å². The van der Waals surface area contributed by atoms with Crippen LogP contribution in [0.15, 0.2) is 36.5 Å². The van der Waals surface area contributed by atoms with Gasteiger partial charge in [-0.25, -0.2) is 24.3 Å². The van der Waals surface area contributed by atoms with Gasteiger partial charge in [0.1, 0.15) is 0 Å². The van der Waals surface area contributed by atoms with Crippen molar-refractivity contribution in [2.24, 2.45) is 0 Å². The van der Waals surface area contributed by atoms with Gasteiger partial charge in [0.15, 0.2) is 0 Å². The summed E-state index contributed by atoms with van der Waals surface area (Å²) >= 11 is 5.82. The summed E-state index contributed by atoms with van der Waals surface area (Å²) < 4.78 is 0. The molecule has 3 aliphatic rings. The fraction of sp³-hybridized carbons (Fsp3) is 0.500. The van der Waals surface area contributed by atoms with Crippen LogP contribution in [0.5, 0.6) is 0 Å². The Hall–Kier alpha value is 0.133. The van der Waals surface area contributed by atoms with E-state index in [1.165, 1.54) is 32.1 Å². The first kappa shape index (κ1) is 18.1. The van der Waals surface area contributed by atoms with Gasteiger partial charge in [0.05, 0.1) is 0 Å². The molecule has 0 aliphatic heterocycles. The SMILES string of the molecule is ClC1CCCCC1.[C-]1=CC=CC1.[C-]1=CC=CC1.[Zr+2]. The molecular weight excluding hydrogens is 319 g/mol. The van der Waals surface area contributed by atoms with E-state index in [2.05, 4.69) is 24.3 Å². The van der Waals surface area contributed by atoms with Gasteiger partial charge in [0.2, 0.25) is 0 Å². The van der Waals surface area contributed by atoms with Crippen LogP contribution < -0.4 is 0 Å². The molecule has 3 aliphatic carbocycles. The molecule has 3 rings (SSSR count). The molecule has 0 N–H and O–H groups in total. The van der Waals surface area contributed by atoms with Crippen molar-refractivity contribution in [2.75, 3.05) is 0 Å². The van der Waals surface area contributed by atoms with Gasteiger partial charge in [-0.3, -0.25) is 12.2 Å². The molecule has 0 aromatic carbocycles. The second-order valence-corrected chi connectivity index (χ2v) is 4.86. The Morgan fingerprint density at radius 1 is 0.833 bits per heavy atom. The normalized spacial score (nSPS) is 19.6. The molecular formula is C16H21ClZr. The Labute approximate surface area is 136 Å². The second-order valence-electron chi connectivity index (χ2n) is 4.24. The monoisotopic (exact) mass is 338 g/mol. The van der Waals surface area contributed by atoms with Crippen LogP contribution in [-0.4, -0.2) is 5.38 Å². The van der Waals surface area contributed by atoms with Crippen LogP contribution >= 0.6 is 11.6 Å². The van der Waals surface area contributed by atoms with Crippen LogP contribution in [0.4, 0.5) is 0 Å².